The monoisotopic (exact) mass is 290 g/mol. The molecule has 4 heteroatoms. The van der Waals surface area contributed by atoms with E-state index >= 15 is 0 Å². The van der Waals surface area contributed by atoms with E-state index in [9.17, 15) is 0 Å². The summed E-state index contributed by atoms with van der Waals surface area (Å²) in [4.78, 5) is 5.65. The number of ether oxygens (including phenoxy) is 1. The average molecular weight is 290 g/mol. The second-order valence-electron chi connectivity index (χ2n) is 4.93. The Morgan fingerprint density at radius 3 is 2.75 bits per heavy atom. The molecule has 0 aliphatic rings. The van der Waals surface area contributed by atoms with Crippen LogP contribution in [0.2, 0.25) is 0 Å². The summed E-state index contributed by atoms with van der Waals surface area (Å²) < 4.78 is 5.54. The first-order chi connectivity index (χ1) is 9.67. The van der Waals surface area contributed by atoms with Crippen LogP contribution in [-0.2, 0) is 0 Å². The summed E-state index contributed by atoms with van der Waals surface area (Å²) in [5, 5.41) is 3.62. The number of aromatic nitrogens is 1. The van der Waals surface area contributed by atoms with Crippen LogP contribution in [0.5, 0.6) is 5.75 Å². The zero-order chi connectivity index (χ0) is 14.5. The molecule has 0 saturated carbocycles. The number of aryl methyl sites for hydroxylation is 2. The molecular weight excluding hydrogens is 268 g/mol. The largest absolute Gasteiger partial charge is 0.496 e. The molecule has 2 rings (SSSR count). The first-order valence-corrected chi connectivity index (χ1v) is 7.83. The second kappa shape index (κ2) is 6.86. The van der Waals surface area contributed by atoms with Crippen molar-refractivity contribution >= 4 is 11.3 Å². The van der Waals surface area contributed by atoms with E-state index in [-0.39, 0.29) is 6.04 Å². The summed E-state index contributed by atoms with van der Waals surface area (Å²) in [7, 11) is 1.73. The molecule has 1 unspecified atom stereocenters. The van der Waals surface area contributed by atoms with Gasteiger partial charge in [-0.2, -0.15) is 0 Å². The van der Waals surface area contributed by atoms with E-state index in [1.807, 2.05) is 11.6 Å². The lowest BCUT2D eigenvalue weighted by molar-refractivity contribution is 0.404. The van der Waals surface area contributed by atoms with Crippen molar-refractivity contribution in [2.45, 2.75) is 33.2 Å². The molecule has 1 aromatic heterocycles. The highest BCUT2D eigenvalue weighted by Gasteiger charge is 2.21. The topological polar surface area (TPSA) is 34.1 Å². The lowest BCUT2D eigenvalue weighted by Gasteiger charge is -2.21. The van der Waals surface area contributed by atoms with E-state index in [4.69, 9.17) is 4.74 Å². The van der Waals surface area contributed by atoms with Crippen LogP contribution < -0.4 is 10.1 Å². The number of rotatable bonds is 6. The fraction of sp³-hybridized carbons (Fsp3) is 0.438. The van der Waals surface area contributed by atoms with Gasteiger partial charge < -0.3 is 10.1 Å². The molecule has 20 heavy (non-hydrogen) atoms. The Kier molecular flexibility index (Phi) is 5.15. The molecule has 0 amide bonds. The van der Waals surface area contributed by atoms with Crippen LogP contribution in [0.15, 0.2) is 23.7 Å². The molecule has 1 aromatic carbocycles. The number of hydrogen-bond acceptors (Lipinski definition) is 4. The number of nitrogens with zero attached hydrogens (tertiary/aromatic N) is 1. The second-order valence-corrected chi connectivity index (χ2v) is 5.82. The molecule has 2 aromatic rings. The Bertz CT molecular complexity index is 565. The van der Waals surface area contributed by atoms with Gasteiger partial charge in [0.05, 0.1) is 24.4 Å². The third kappa shape index (κ3) is 3.19. The molecule has 0 aliphatic carbocycles. The van der Waals surface area contributed by atoms with E-state index in [1.54, 1.807) is 18.4 Å². The van der Waals surface area contributed by atoms with Crippen LogP contribution in [0, 0.1) is 13.8 Å². The molecule has 0 fully saturated rings. The predicted octanol–water partition coefficient (Wildman–Crippen LogP) is 3.86. The Morgan fingerprint density at radius 1 is 1.35 bits per heavy atom. The van der Waals surface area contributed by atoms with E-state index in [2.05, 4.69) is 43.2 Å². The molecule has 0 radical (unpaired) electrons. The van der Waals surface area contributed by atoms with Gasteiger partial charge in [0.15, 0.2) is 0 Å². The molecule has 1 heterocycles. The van der Waals surface area contributed by atoms with Crippen molar-refractivity contribution in [1.29, 1.82) is 0 Å². The van der Waals surface area contributed by atoms with Crippen LogP contribution in [0.25, 0.3) is 0 Å². The van der Waals surface area contributed by atoms with Crippen molar-refractivity contribution in [3.05, 3.63) is 45.4 Å². The molecule has 3 nitrogen and oxygen atoms in total. The van der Waals surface area contributed by atoms with Crippen LogP contribution in [0.1, 0.15) is 41.1 Å². The summed E-state index contributed by atoms with van der Waals surface area (Å²) in [5.74, 6) is 0.928. The average Bonchev–Trinajstić information content (AvgIpc) is 2.86. The van der Waals surface area contributed by atoms with Gasteiger partial charge in [0.25, 0.3) is 0 Å². The molecule has 0 spiro atoms. The van der Waals surface area contributed by atoms with Gasteiger partial charge in [-0.05, 0) is 32.9 Å². The molecule has 1 atom stereocenters. The SMILES string of the molecule is CCCNC(c1cc(C)ccc1OC)c1scnc1C. The van der Waals surface area contributed by atoms with Gasteiger partial charge in [0.1, 0.15) is 5.75 Å². The Hall–Kier alpha value is -1.39. The summed E-state index contributed by atoms with van der Waals surface area (Å²) in [5.41, 5.74) is 5.43. The van der Waals surface area contributed by atoms with E-state index < -0.39 is 0 Å². The summed E-state index contributed by atoms with van der Waals surface area (Å²) >= 11 is 1.70. The Morgan fingerprint density at radius 2 is 2.15 bits per heavy atom. The summed E-state index contributed by atoms with van der Waals surface area (Å²) in [6.45, 7) is 7.32. The van der Waals surface area contributed by atoms with Gasteiger partial charge in [0.2, 0.25) is 0 Å². The van der Waals surface area contributed by atoms with Gasteiger partial charge in [-0.15, -0.1) is 11.3 Å². The zero-order valence-corrected chi connectivity index (χ0v) is 13.4. The molecule has 108 valence electrons. The van der Waals surface area contributed by atoms with Crippen molar-refractivity contribution in [3.63, 3.8) is 0 Å². The smallest absolute Gasteiger partial charge is 0.124 e. The zero-order valence-electron chi connectivity index (χ0n) is 12.6. The van der Waals surface area contributed by atoms with Gasteiger partial charge in [-0.25, -0.2) is 4.98 Å². The van der Waals surface area contributed by atoms with Gasteiger partial charge in [0, 0.05) is 10.4 Å². The lowest BCUT2D eigenvalue weighted by atomic mass is 10.0. The summed E-state index contributed by atoms with van der Waals surface area (Å²) in [6.07, 6.45) is 1.10. The molecule has 0 saturated heterocycles. The third-order valence-corrected chi connectivity index (χ3v) is 4.34. The molecule has 1 N–H and O–H groups in total. The minimum absolute atomic E-state index is 0.150. The van der Waals surface area contributed by atoms with E-state index in [0.717, 1.165) is 24.4 Å². The summed E-state index contributed by atoms with van der Waals surface area (Å²) in [6, 6.07) is 6.48. The fourth-order valence-corrected chi connectivity index (χ4v) is 3.19. The van der Waals surface area contributed by atoms with Gasteiger partial charge in [-0.1, -0.05) is 24.6 Å². The van der Waals surface area contributed by atoms with Crippen molar-refractivity contribution < 1.29 is 4.74 Å². The normalized spacial score (nSPS) is 12.4. The highest BCUT2D eigenvalue weighted by Crippen LogP contribution is 2.34. The quantitative estimate of drug-likeness (QED) is 0.877. The first-order valence-electron chi connectivity index (χ1n) is 6.95. The molecule has 0 bridgehead atoms. The van der Waals surface area contributed by atoms with E-state index in [1.165, 1.54) is 16.0 Å². The number of benzene rings is 1. The van der Waals surface area contributed by atoms with Crippen LogP contribution in [0.3, 0.4) is 0 Å². The predicted molar refractivity (Wildman–Crippen MR) is 84.7 cm³/mol. The van der Waals surface area contributed by atoms with Crippen molar-refractivity contribution in [3.8, 4) is 5.75 Å². The highest BCUT2D eigenvalue weighted by molar-refractivity contribution is 7.09. The lowest BCUT2D eigenvalue weighted by Crippen LogP contribution is -2.23. The minimum Gasteiger partial charge on any atom is -0.496 e. The minimum atomic E-state index is 0.150. The van der Waals surface area contributed by atoms with E-state index in [0.29, 0.717) is 0 Å². The standard InChI is InChI=1S/C16H22N2OS/c1-5-8-17-15(16-12(3)18-10-20-16)13-9-11(2)6-7-14(13)19-4/h6-7,9-10,15,17H,5,8H2,1-4H3. The Balaban J connectivity index is 2.46. The number of hydrogen-bond donors (Lipinski definition) is 1. The van der Waals surface area contributed by atoms with Crippen LogP contribution in [0.4, 0.5) is 0 Å². The number of nitrogens with one attached hydrogen (secondary N) is 1. The van der Waals surface area contributed by atoms with Crippen molar-refractivity contribution in [2.24, 2.45) is 0 Å². The highest BCUT2D eigenvalue weighted by atomic mass is 32.1. The maximum atomic E-state index is 5.54. The van der Waals surface area contributed by atoms with Crippen molar-refractivity contribution in [2.75, 3.05) is 13.7 Å². The maximum absolute atomic E-state index is 5.54. The number of thiazole rings is 1. The molecular formula is C16H22N2OS. The van der Waals surface area contributed by atoms with Crippen LogP contribution >= 0.6 is 11.3 Å². The maximum Gasteiger partial charge on any atom is 0.124 e. The fourth-order valence-electron chi connectivity index (χ4n) is 2.30. The van der Waals surface area contributed by atoms with Crippen molar-refractivity contribution in [1.82, 2.24) is 10.3 Å². The third-order valence-electron chi connectivity index (χ3n) is 3.34. The molecule has 0 aliphatic heterocycles. The first kappa shape index (κ1) is 15.0. The number of methoxy groups -OCH3 is 1. The van der Waals surface area contributed by atoms with Gasteiger partial charge in [-0.3, -0.25) is 0 Å². The van der Waals surface area contributed by atoms with Gasteiger partial charge >= 0.3 is 0 Å². The Labute approximate surface area is 125 Å². The van der Waals surface area contributed by atoms with Crippen LogP contribution in [-0.4, -0.2) is 18.6 Å².